The monoisotopic (exact) mass is 491 g/mol. The maximum absolute atomic E-state index is 5.80. The standard InChI is InChI=1S/C20H33N3O3.HI/c1-3-21-20(22-10-6-12-24-15-18-9-13-25-16-18)23-11-14-26-19-8-5-4-7-17(19)2;/h4-5,7-8,18H,3,6,9-16H2,1-2H3,(H2,21,22,23);1H. The molecule has 0 aliphatic carbocycles. The average molecular weight is 491 g/mol. The minimum atomic E-state index is 0. The smallest absolute Gasteiger partial charge is 0.191 e. The summed E-state index contributed by atoms with van der Waals surface area (Å²) in [6.45, 7) is 10.3. The van der Waals surface area contributed by atoms with Crippen molar-refractivity contribution in [1.29, 1.82) is 0 Å². The van der Waals surface area contributed by atoms with Gasteiger partial charge in [-0.25, -0.2) is 0 Å². The predicted octanol–water partition coefficient (Wildman–Crippen LogP) is 2.99. The second-order valence-corrected chi connectivity index (χ2v) is 6.46. The van der Waals surface area contributed by atoms with Gasteiger partial charge in [0.1, 0.15) is 12.4 Å². The molecular weight excluding hydrogens is 457 g/mol. The second-order valence-electron chi connectivity index (χ2n) is 6.46. The summed E-state index contributed by atoms with van der Waals surface area (Å²) in [5, 5.41) is 6.56. The molecule has 1 atom stereocenters. The average Bonchev–Trinajstić information content (AvgIpc) is 3.16. The van der Waals surface area contributed by atoms with Gasteiger partial charge in [-0.1, -0.05) is 18.2 Å². The summed E-state index contributed by atoms with van der Waals surface area (Å²) in [6.07, 6.45) is 2.04. The summed E-state index contributed by atoms with van der Waals surface area (Å²) in [7, 11) is 0. The first-order valence-corrected chi connectivity index (χ1v) is 9.65. The van der Waals surface area contributed by atoms with Crippen LogP contribution in [-0.2, 0) is 9.47 Å². The third-order valence-electron chi connectivity index (χ3n) is 4.18. The van der Waals surface area contributed by atoms with Crippen LogP contribution in [-0.4, -0.2) is 58.6 Å². The third kappa shape index (κ3) is 10.2. The largest absolute Gasteiger partial charge is 0.491 e. The van der Waals surface area contributed by atoms with Gasteiger partial charge >= 0.3 is 0 Å². The molecule has 7 heteroatoms. The van der Waals surface area contributed by atoms with Crippen LogP contribution in [0.4, 0.5) is 0 Å². The highest BCUT2D eigenvalue weighted by atomic mass is 127. The zero-order valence-electron chi connectivity index (χ0n) is 16.5. The molecule has 1 saturated heterocycles. The molecule has 1 aromatic carbocycles. The highest BCUT2D eigenvalue weighted by Crippen LogP contribution is 2.15. The number of nitrogens with one attached hydrogen (secondary N) is 2. The van der Waals surface area contributed by atoms with Gasteiger partial charge in [0, 0.05) is 32.2 Å². The summed E-state index contributed by atoms with van der Waals surface area (Å²) in [6, 6.07) is 8.05. The number of nitrogens with zero attached hydrogens (tertiary/aromatic N) is 1. The zero-order chi connectivity index (χ0) is 18.5. The fraction of sp³-hybridized carbons (Fsp3) is 0.650. The zero-order valence-corrected chi connectivity index (χ0v) is 18.9. The van der Waals surface area contributed by atoms with E-state index in [-0.39, 0.29) is 24.0 Å². The number of hydrogen-bond donors (Lipinski definition) is 2. The number of ether oxygens (including phenoxy) is 3. The van der Waals surface area contributed by atoms with E-state index >= 15 is 0 Å². The molecule has 1 unspecified atom stereocenters. The number of hydrogen-bond acceptors (Lipinski definition) is 4. The van der Waals surface area contributed by atoms with Crippen molar-refractivity contribution in [3.8, 4) is 5.75 Å². The molecule has 1 fully saturated rings. The Balaban J connectivity index is 0.00000364. The molecule has 0 saturated carbocycles. The van der Waals surface area contributed by atoms with Crippen LogP contribution in [0.25, 0.3) is 0 Å². The maximum atomic E-state index is 5.80. The van der Waals surface area contributed by atoms with Gasteiger partial charge in [0.25, 0.3) is 0 Å². The van der Waals surface area contributed by atoms with E-state index in [9.17, 15) is 0 Å². The normalized spacial score (nSPS) is 16.7. The van der Waals surface area contributed by atoms with E-state index in [1.165, 1.54) is 0 Å². The Labute approximate surface area is 180 Å². The topological polar surface area (TPSA) is 64.1 Å². The van der Waals surface area contributed by atoms with Crippen molar-refractivity contribution in [3.63, 3.8) is 0 Å². The van der Waals surface area contributed by atoms with Crippen molar-refractivity contribution >= 4 is 29.9 Å². The molecule has 0 spiro atoms. The Kier molecular flexibility index (Phi) is 13.3. The van der Waals surface area contributed by atoms with Crippen molar-refractivity contribution in [2.45, 2.75) is 26.7 Å². The van der Waals surface area contributed by atoms with Crippen LogP contribution in [0.15, 0.2) is 29.3 Å². The lowest BCUT2D eigenvalue weighted by Gasteiger charge is -2.13. The number of aliphatic imine (C=N–C) groups is 1. The van der Waals surface area contributed by atoms with Crippen molar-refractivity contribution in [2.24, 2.45) is 10.9 Å². The molecular formula is C20H34IN3O3. The van der Waals surface area contributed by atoms with Crippen LogP contribution in [0.2, 0.25) is 0 Å². The number of guanidine groups is 1. The highest BCUT2D eigenvalue weighted by molar-refractivity contribution is 14.0. The summed E-state index contributed by atoms with van der Waals surface area (Å²) in [5.41, 5.74) is 1.15. The lowest BCUT2D eigenvalue weighted by atomic mass is 10.1. The first-order valence-electron chi connectivity index (χ1n) is 9.65. The molecule has 1 aliphatic rings. The van der Waals surface area contributed by atoms with E-state index in [0.717, 1.165) is 69.6 Å². The van der Waals surface area contributed by atoms with Crippen LogP contribution in [0.5, 0.6) is 5.75 Å². The van der Waals surface area contributed by atoms with Gasteiger partial charge in [0.15, 0.2) is 5.96 Å². The van der Waals surface area contributed by atoms with Crippen LogP contribution in [0, 0.1) is 12.8 Å². The SMILES string of the molecule is CCNC(=NCCCOCC1CCOC1)NCCOc1ccccc1C.I. The molecule has 154 valence electrons. The maximum Gasteiger partial charge on any atom is 0.191 e. The Morgan fingerprint density at radius 2 is 2.11 bits per heavy atom. The van der Waals surface area contributed by atoms with E-state index in [1.54, 1.807) is 0 Å². The lowest BCUT2D eigenvalue weighted by molar-refractivity contribution is 0.0893. The molecule has 0 radical (unpaired) electrons. The van der Waals surface area contributed by atoms with Gasteiger partial charge in [-0.2, -0.15) is 0 Å². The molecule has 1 heterocycles. The highest BCUT2D eigenvalue weighted by Gasteiger charge is 2.15. The van der Waals surface area contributed by atoms with Gasteiger partial charge in [-0.15, -0.1) is 24.0 Å². The van der Waals surface area contributed by atoms with Crippen LogP contribution < -0.4 is 15.4 Å². The van der Waals surface area contributed by atoms with Gasteiger partial charge < -0.3 is 24.8 Å². The first-order chi connectivity index (χ1) is 12.8. The molecule has 1 aromatic rings. The van der Waals surface area contributed by atoms with E-state index in [2.05, 4.69) is 35.5 Å². The molecule has 0 bridgehead atoms. The van der Waals surface area contributed by atoms with Crippen molar-refractivity contribution in [1.82, 2.24) is 10.6 Å². The lowest BCUT2D eigenvalue weighted by Crippen LogP contribution is -2.39. The third-order valence-corrected chi connectivity index (χ3v) is 4.18. The Hall–Kier alpha value is -1.06. The second kappa shape index (κ2) is 14.9. The quantitative estimate of drug-likeness (QED) is 0.216. The number of para-hydroxylation sites is 1. The van der Waals surface area contributed by atoms with Crippen LogP contribution in [0.1, 0.15) is 25.3 Å². The summed E-state index contributed by atoms with van der Waals surface area (Å²) >= 11 is 0. The summed E-state index contributed by atoms with van der Waals surface area (Å²) in [4.78, 5) is 4.58. The molecule has 0 aromatic heterocycles. The molecule has 27 heavy (non-hydrogen) atoms. The predicted molar refractivity (Wildman–Crippen MR) is 120 cm³/mol. The fourth-order valence-corrected chi connectivity index (χ4v) is 2.71. The minimum absolute atomic E-state index is 0. The van der Waals surface area contributed by atoms with Gasteiger partial charge in [-0.05, 0) is 38.3 Å². The fourth-order valence-electron chi connectivity index (χ4n) is 2.71. The molecule has 2 N–H and O–H groups in total. The number of benzene rings is 1. The van der Waals surface area contributed by atoms with E-state index in [0.29, 0.717) is 19.1 Å². The number of halogens is 1. The van der Waals surface area contributed by atoms with E-state index < -0.39 is 0 Å². The molecule has 1 aliphatic heterocycles. The summed E-state index contributed by atoms with van der Waals surface area (Å²) < 4.78 is 16.9. The van der Waals surface area contributed by atoms with Crippen molar-refractivity contribution < 1.29 is 14.2 Å². The van der Waals surface area contributed by atoms with Crippen LogP contribution >= 0.6 is 24.0 Å². The molecule has 2 rings (SSSR count). The van der Waals surface area contributed by atoms with E-state index in [1.807, 2.05) is 18.2 Å². The van der Waals surface area contributed by atoms with Crippen LogP contribution in [0.3, 0.4) is 0 Å². The Morgan fingerprint density at radius 3 is 2.85 bits per heavy atom. The van der Waals surface area contributed by atoms with Gasteiger partial charge in [-0.3, -0.25) is 4.99 Å². The van der Waals surface area contributed by atoms with Gasteiger partial charge in [0.05, 0.1) is 19.8 Å². The number of aryl methyl sites for hydroxylation is 1. The van der Waals surface area contributed by atoms with Gasteiger partial charge in [0.2, 0.25) is 0 Å². The van der Waals surface area contributed by atoms with E-state index in [4.69, 9.17) is 14.2 Å². The Bertz CT molecular complexity index is 537. The van der Waals surface area contributed by atoms with Crippen molar-refractivity contribution in [2.75, 3.05) is 52.7 Å². The molecule has 0 amide bonds. The Morgan fingerprint density at radius 1 is 1.26 bits per heavy atom. The number of rotatable bonds is 11. The summed E-state index contributed by atoms with van der Waals surface area (Å²) in [5.74, 6) is 2.33. The minimum Gasteiger partial charge on any atom is -0.491 e. The molecule has 6 nitrogen and oxygen atoms in total. The first kappa shape index (κ1) is 24.0. The van der Waals surface area contributed by atoms with Crippen molar-refractivity contribution in [3.05, 3.63) is 29.8 Å².